The third kappa shape index (κ3) is 8.35. The second-order valence-electron chi connectivity index (χ2n) is 11.3. The lowest BCUT2D eigenvalue weighted by Gasteiger charge is -2.34. The molecule has 1 unspecified atom stereocenters. The molecule has 0 aromatic heterocycles. The van der Waals surface area contributed by atoms with E-state index in [4.69, 9.17) is 25.8 Å². The first-order chi connectivity index (χ1) is 20.6. The third-order valence-corrected chi connectivity index (χ3v) is 8.72. The highest BCUT2D eigenvalue weighted by atomic mass is 35.5. The molecule has 1 N–H and O–H groups in total. The van der Waals surface area contributed by atoms with Gasteiger partial charge in [0.2, 0.25) is 11.8 Å². The summed E-state index contributed by atoms with van der Waals surface area (Å²) in [6.45, 7) is 8.46. The zero-order chi connectivity index (χ0) is 32.8. The fourth-order valence-corrected chi connectivity index (χ4v) is 6.14. The highest BCUT2D eigenvalue weighted by molar-refractivity contribution is 7.92. The molecule has 0 spiro atoms. The monoisotopic (exact) mass is 645 g/mol. The van der Waals surface area contributed by atoms with Crippen molar-refractivity contribution in [3.05, 3.63) is 76.8 Å². The predicted octanol–water partition coefficient (Wildman–Crippen LogP) is 5.20. The van der Waals surface area contributed by atoms with E-state index in [1.807, 2.05) is 52.0 Å². The number of methoxy groups -OCH3 is 3. The molecule has 0 heterocycles. The molecular formula is C32H40ClN3O7S. The van der Waals surface area contributed by atoms with Gasteiger partial charge in [-0.3, -0.25) is 13.9 Å². The van der Waals surface area contributed by atoms with Crippen molar-refractivity contribution >= 4 is 39.1 Å². The Hall–Kier alpha value is -3.96. The van der Waals surface area contributed by atoms with Crippen molar-refractivity contribution in [3.63, 3.8) is 0 Å². The standard InChI is InChI=1S/C32H40ClN3O7S/c1-21-10-9-11-23(16-21)19-35(22(2)31(38)34-32(3,4)5)30(37)20-36(26-17-24(33)12-14-27(26)41-6)44(39,40)25-13-15-28(42-7)29(18-25)43-8/h9-18,22H,19-20H2,1-8H3,(H,34,38). The summed E-state index contributed by atoms with van der Waals surface area (Å²) in [5.41, 5.74) is 1.25. The number of nitrogens with zero attached hydrogens (tertiary/aromatic N) is 2. The first-order valence-electron chi connectivity index (χ1n) is 13.9. The molecule has 0 aliphatic rings. The van der Waals surface area contributed by atoms with E-state index in [9.17, 15) is 18.0 Å². The molecule has 10 nitrogen and oxygen atoms in total. The number of carbonyl (C=O) groups excluding carboxylic acids is 2. The number of halogens is 1. The van der Waals surface area contributed by atoms with Crippen molar-refractivity contribution in [1.29, 1.82) is 0 Å². The van der Waals surface area contributed by atoms with Gasteiger partial charge in [0.05, 0.1) is 31.9 Å². The Labute approximate surface area is 264 Å². The molecule has 0 radical (unpaired) electrons. The number of hydrogen-bond acceptors (Lipinski definition) is 7. The summed E-state index contributed by atoms with van der Waals surface area (Å²) < 4.78 is 45.7. The lowest BCUT2D eigenvalue weighted by atomic mass is 10.1. The Balaban J connectivity index is 2.16. The average molecular weight is 646 g/mol. The van der Waals surface area contributed by atoms with Crippen LogP contribution in [0.5, 0.6) is 17.2 Å². The molecule has 3 rings (SSSR count). The number of rotatable bonds is 12. The maximum atomic E-state index is 14.3. The van der Waals surface area contributed by atoms with Crippen LogP contribution in [0, 0.1) is 6.92 Å². The van der Waals surface area contributed by atoms with E-state index >= 15 is 0 Å². The fourth-order valence-electron chi connectivity index (χ4n) is 4.54. The SMILES string of the molecule is COc1ccc(S(=O)(=O)N(CC(=O)N(Cc2cccc(C)c2)C(C)C(=O)NC(C)(C)C)c2cc(Cl)ccc2OC)cc1OC. The minimum atomic E-state index is -4.43. The van der Waals surface area contributed by atoms with Gasteiger partial charge in [-0.15, -0.1) is 0 Å². The van der Waals surface area contributed by atoms with Gasteiger partial charge in [0.1, 0.15) is 18.3 Å². The van der Waals surface area contributed by atoms with Crippen LogP contribution < -0.4 is 23.8 Å². The van der Waals surface area contributed by atoms with E-state index < -0.39 is 34.1 Å². The van der Waals surface area contributed by atoms with Crippen molar-refractivity contribution in [1.82, 2.24) is 10.2 Å². The van der Waals surface area contributed by atoms with E-state index in [2.05, 4.69) is 5.32 Å². The number of sulfonamides is 1. The molecule has 3 aromatic carbocycles. The van der Waals surface area contributed by atoms with Gasteiger partial charge >= 0.3 is 0 Å². The van der Waals surface area contributed by atoms with Crippen LogP contribution in [0.15, 0.2) is 65.6 Å². The second kappa shape index (κ2) is 14.2. The van der Waals surface area contributed by atoms with Crippen molar-refractivity contribution in [2.24, 2.45) is 0 Å². The third-order valence-electron chi connectivity index (χ3n) is 6.73. The molecule has 0 fully saturated rings. The number of aryl methyl sites for hydroxylation is 1. The zero-order valence-electron chi connectivity index (χ0n) is 26.3. The van der Waals surface area contributed by atoms with Crippen molar-refractivity contribution < 1.29 is 32.2 Å². The molecule has 238 valence electrons. The van der Waals surface area contributed by atoms with Gasteiger partial charge in [0.25, 0.3) is 10.0 Å². The summed E-state index contributed by atoms with van der Waals surface area (Å²) in [5.74, 6) is -0.304. The normalized spacial score (nSPS) is 12.2. The summed E-state index contributed by atoms with van der Waals surface area (Å²) in [6, 6.07) is 15.2. The number of amides is 2. The minimum Gasteiger partial charge on any atom is -0.495 e. The van der Waals surface area contributed by atoms with E-state index in [1.165, 1.54) is 56.6 Å². The average Bonchev–Trinajstić information content (AvgIpc) is 2.96. The van der Waals surface area contributed by atoms with Gasteiger partial charge in [0.15, 0.2) is 11.5 Å². The molecule has 0 saturated heterocycles. The number of anilines is 1. The lowest BCUT2D eigenvalue weighted by molar-refractivity contribution is -0.140. The first-order valence-corrected chi connectivity index (χ1v) is 15.7. The van der Waals surface area contributed by atoms with Crippen LogP contribution in [0.25, 0.3) is 0 Å². The molecular weight excluding hydrogens is 606 g/mol. The molecule has 0 aliphatic carbocycles. The molecule has 2 amide bonds. The second-order valence-corrected chi connectivity index (χ2v) is 13.6. The maximum Gasteiger partial charge on any atom is 0.265 e. The number of carbonyl (C=O) groups is 2. The number of ether oxygens (including phenoxy) is 3. The van der Waals surface area contributed by atoms with Gasteiger partial charge < -0.3 is 24.4 Å². The molecule has 44 heavy (non-hydrogen) atoms. The Morgan fingerprint density at radius 2 is 1.55 bits per heavy atom. The molecule has 0 saturated carbocycles. The summed E-state index contributed by atoms with van der Waals surface area (Å²) in [5, 5.41) is 3.15. The smallest absolute Gasteiger partial charge is 0.265 e. The van der Waals surface area contributed by atoms with E-state index in [1.54, 1.807) is 13.0 Å². The highest BCUT2D eigenvalue weighted by Gasteiger charge is 2.35. The van der Waals surface area contributed by atoms with Gasteiger partial charge in [0, 0.05) is 23.2 Å². The summed E-state index contributed by atoms with van der Waals surface area (Å²) in [4.78, 5) is 28.8. The largest absolute Gasteiger partial charge is 0.495 e. The Kier molecular flexibility index (Phi) is 11.2. The Morgan fingerprint density at radius 3 is 2.14 bits per heavy atom. The molecule has 1 atom stereocenters. The van der Waals surface area contributed by atoms with Gasteiger partial charge in [-0.25, -0.2) is 8.42 Å². The number of nitrogens with one attached hydrogen (secondary N) is 1. The fraction of sp³-hybridized carbons (Fsp3) is 0.375. The van der Waals surface area contributed by atoms with Gasteiger partial charge in [-0.05, 0) is 70.5 Å². The van der Waals surface area contributed by atoms with Crippen LogP contribution in [0.1, 0.15) is 38.8 Å². The van der Waals surface area contributed by atoms with Crippen molar-refractivity contribution in [3.8, 4) is 17.2 Å². The number of hydrogen-bond donors (Lipinski definition) is 1. The highest BCUT2D eigenvalue weighted by Crippen LogP contribution is 2.37. The van der Waals surface area contributed by atoms with Crippen LogP contribution >= 0.6 is 11.6 Å². The summed E-state index contributed by atoms with van der Waals surface area (Å²) in [6.07, 6.45) is 0. The van der Waals surface area contributed by atoms with E-state index in [-0.39, 0.29) is 39.6 Å². The summed E-state index contributed by atoms with van der Waals surface area (Å²) >= 11 is 6.31. The van der Waals surface area contributed by atoms with Gasteiger partial charge in [-0.2, -0.15) is 0 Å². The lowest BCUT2D eigenvalue weighted by Crippen LogP contribution is -2.54. The Morgan fingerprint density at radius 1 is 0.909 bits per heavy atom. The molecule has 12 heteroatoms. The van der Waals surface area contributed by atoms with Crippen LogP contribution in [0.3, 0.4) is 0 Å². The zero-order valence-corrected chi connectivity index (χ0v) is 27.9. The predicted molar refractivity (Wildman–Crippen MR) is 171 cm³/mol. The topological polar surface area (TPSA) is 114 Å². The van der Waals surface area contributed by atoms with E-state index in [0.29, 0.717) is 5.75 Å². The quantitative estimate of drug-likeness (QED) is 0.288. The number of benzene rings is 3. The van der Waals surface area contributed by atoms with Crippen LogP contribution in [-0.2, 0) is 26.2 Å². The van der Waals surface area contributed by atoms with Gasteiger partial charge in [-0.1, -0.05) is 41.4 Å². The summed E-state index contributed by atoms with van der Waals surface area (Å²) in [7, 11) is -0.216. The van der Waals surface area contributed by atoms with Crippen LogP contribution in [-0.4, -0.2) is 64.6 Å². The van der Waals surface area contributed by atoms with Crippen LogP contribution in [0.4, 0.5) is 5.69 Å². The molecule has 0 aliphatic heterocycles. The minimum absolute atomic E-state index is 0.0467. The van der Waals surface area contributed by atoms with Crippen molar-refractivity contribution in [2.75, 3.05) is 32.2 Å². The van der Waals surface area contributed by atoms with E-state index in [0.717, 1.165) is 15.4 Å². The maximum absolute atomic E-state index is 14.3. The molecule has 0 bridgehead atoms. The molecule has 3 aromatic rings. The van der Waals surface area contributed by atoms with Crippen molar-refractivity contribution in [2.45, 2.75) is 57.6 Å². The Bertz CT molecular complexity index is 1610. The van der Waals surface area contributed by atoms with Crippen LogP contribution in [0.2, 0.25) is 5.02 Å². The first kappa shape index (κ1) is 34.5.